The fourth-order valence-electron chi connectivity index (χ4n) is 2.78. The Morgan fingerprint density at radius 3 is 2.33 bits per heavy atom. The number of phenols is 2. The number of amides is 1. The van der Waals surface area contributed by atoms with E-state index in [9.17, 15) is 15.0 Å². The van der Waals surface area contributed by atoms with Crippen molar-refractivity contribution in [3.8, 4) is 23.0 Å². The largest absolute Gasteiger partial charge is 0.508 e. The molecule has 0 aliphatic rings. The molecule has 5 heteroatoms. The van der Waals surface area contributed by atoms with Crippen LogP contribution in [0.15, 0.2) is 60.7 Å². The molecule has 0 aliphatic carbocycles. The molecule has 0 heterocycles. The normalized spacial score (nSPS) is 10.5. The summed E-state index contributed by atoms with van der Waals surface area (Å²) in [4.78, 5) is 14.2. The maximum absolute atomic E-state index is 12.8. The molecule has 0 atom stereocenters. The number of carbonyl (C=O) groups is 1. The van der Waals surface area contributed by atoms with Crippen molar-refractivity contribution in [3.63, 3.8) is 0 Å². The number of carbonyl (C=O) groups excluding carboxylic acids is 1. The van der Waals surface area contributed by atoms with E-state index >= 15 is 0 Å². The van der Waals surface area contributed by atoms with Gasteiger partial charge >= 0.3 is 0 Å². The Kier molecular flexibility index (Phi) is 5.03. The molecule has 0 saturated heterocycles. The highest BCUT2D eigenvalue weighted by atomic mass is 16.5. The first-order chi connectivity index (χ1) is 12.8. The fourth-order valence-corrected chi connectivity index (χ4v) is 2.78. The zero-order valence-electron chi connectivity index (χ0n) is 15.4. The van der Waals surface area contributed by atoms with Crippen molar-refractivity contribution in [2.24, 2.45) is 0 Å². The van der Waals surface area contributed by atoms with Gasteiger partial charge in [-0.25, -0.2) is 0 Å². The molecule has 3 aromatic carbocycles. The van der Waals surface area contributed by atoms with Crippen LogP contribution in [-0.2, 0) is 0 Å². The van der Waals surface area contributed by atoms with Crippen LogP contribution in [0, 0.1) is 13.8 Å². The predicted octanol–water partition coefficient (Wildman–Crippen LogP) is 4.78. The van der Waals surface area contributed by atoms with Gasteiger partial charge in [-0.05, 0) is 55.8 Å². The SMILES string of the molecule is Cc1ccc(Oc2cc(N(C)C(=O)c3cccc(O)c3)c(C)cc2O)cc1. The Morgan fingerprint density at radius 1 is 0.963 bits per heavy atom. The van der Waals surface area contributed by atoms with Crippen molar-refractivity contribution >= 4 is 11.6 Å². The van der Waals surface area contributed by atoms with Crippen LogP contribution in [-0.4, -0.2) is 23.2 Å². The van der Waals surface area contributed by atoms with E-state index in [1.807, 2.05) is 31.2 Å². The summed E-state index contributed by atoms with van der Waals surface area (Å²) in [5, 5.41) is 19.9. The molecule has 0 spiro atoms. The van der Waals surface area contributed by atoms with Gasteiger partial charge in [0.15, 0.2) is 11.5 Å². The van der Waals surface area contributed by atoms with Crippen LogP contribution < -0.4 is 9.64 Å². The Bertz CT molecular complexity index is 980. The number of aryl methyl sites for hydroxylation is 2. The lowest BCUT2D eigenvalue weighted by Crippen LogP contribution is -2.26. The molecule has 0 bridgehead atoms. The average Bonchev–Trinajstić information content (AvgIpc) is 2.64. The third-order valence-electron chi connectivity index (χ3n) is 4.29. The number of aromatic hydroxyl groups is 2. The summed E-state index contributed by atoms with van der Waals surface area (Å²) >= 11 is 0. The molecular weight excluding hydrogens is 342 g/mol. The summed E-state index contributed by atoms with van der Waals surface area (Å²) in [5.41, 5.74) is 2.79. The Hall–Kier alpha value is -3.47. The van der Waals surface area contributed by atoms with Gasteiger partial charge in [-0.15, -0.1) is 0 Å². The van der Waals surface area contributed by atoms with Crippen LogP contribution in [0.2, 0.25) is 0 Å². The van der Waals surface area contributed by atoms with E-state index < -0.39 is 0 Å². The summed E-state index contributed by atoms with van der Waals surface area (Å²) in [5.74, 6) is 0.596. The molecule has 3 aromatic rings. The summed E-state index contributed by atoms with van der Waals surface area (Å²) in [6, 6.07) is 16.8. The summed E-state index contributed by atoms with van der Waals surface area (Å²) in [6.45, 7) is 3.78. The van der Waals surface area contributed by atoms with Gasteiger partial charge in [0, 0.05) is 18.7 Å². The summed E-state index contributed by atoms with van der Waals surface area (Å²) in [7, 11) is 1.64. The molecule has 0 fully saturated rings. The minimum Gasteiger partial charge on any atom is -0.508 e. The van der Waals surface area contributed by atoms with E-state index in [4.69, 9.17) is 4.74 Å². The molecule has 2 N–H and O–H groups in total. The molecule has 0 unspecified atom stereocenters. The number of hydrogen-bond acceptors (Lipinski definition) is 4. The molecule has 138 valence electrons. The average molecular weight is 363 g/mol. The number of phenolic OH excluding ortho intramolecular Hbond substituents is 2. The molecule has 3 rings (SSSR count). The number of rotatable bonds is 4. The van der Waals surface area contributed by atoms with Crippen molar-refractivity contribution in [2.45, 2.75) is 13.8 Å². The Morgan fingerprint density at radius 2 is 1.67 bits per heavy atom. The minimum absolute atomic E-state index is 0.00460. The second-order valence-electron chi connectivity index (χ2n) is 6.44. The molecule has 5 nitrogen and oxygen atoms in total. The molecule has 27 heavy (non-hydrogen) atoms. The van der Waals surface area contributed by atoms with E-state index in [0.29, 0.717) is 17.0 Å². The number of ether oxygens (including phenoxy) is 1. The predicted molar refractivity (Wildman–Crippen MR) is 105 cm³/mol. The Labute approximate surface area is 158 Å². The zero-order chi connectivity index (χ0) is 19.6. The number of hydrogen-bond donors (Lipinski definition) is 2. The van der Waals surface area contributed by atoms with Crippen molar-refractivity contribution in [1.82, 2.24) is 0 Å². The van der Waals surface area contributed by atoms with Crippen LogP contribution in [0.5, 0.6) is 23.0 Å². The number of benzene rings is 3. The minimum atomic E-state index is -0.277. The fraction of sp³-hybridized carbons (Fsp3) is 0.136. The first-order valence-corrected chi connectivity index (χ1v) is 8.50. The van der Waals surface area contributed by atoms with Gasteiger partial charge in [0.1, 0.15) is 11.5 Å². The lowest BCUT2D eigenvalue weighted by molar-refractivity contribution is 0.0992. The lowest BCUT2D eigenvalue weighted by Gasteiger charge is -2.21. The zero-order valence-corrected chi connectivity index (χ0v) is 15.4. The van der Waals surface area contributed by atoms with E-state index in [1.165, 1.54) is 17.0 Å². The van der Waals surface area contributed by atoms with Gasteiger partial charge in [-0.2, -0.15) is 0 Å². The van der Waals surface area contributed by atoms with Gasteiger partial charge in [-0.3, -0.25) is 4.79 Å². The topological polar surface area (TPSA) is 70.0 Å². The van der Waals surface area contributed by atoms with Crippen molar-refractivity contribution in [1.29, 1.82) is 0 Å². The third-order valence-corrected chi connectivity index (χ3v) is 4.29. The van der Waals surface area contributed by atoms with Crippen LogP contribution in [0.25, 0.3) is 0 Å². The first-order valence-electron chi connectivity index (χ1n) is 8.50. The second-order valence-corrected chi connectivity index (χ2v) is 6.44. The highest BCUT2D eigenvalue weighted by molar-refractivity contribution is 6.06. The summed E-state index contributed by atoms with van der Waals surface area (Å²) in [6.07, 6.45) is 0. The van der Waals surface area contributed by atoms with Crippen molar-refractivity contribution in [2.75, 3.05) is 11.9 Å². The van der Waals surface area contributed by atoms with Gasteiger partial charge in [0.25, 0.3) is 5.91 Å². The molecule has 1 amide bonds. The van der Waals surface area contributed by atoms with E-state index in [0.717, 1.165) is 11.1 Å². The van der Waals surface area contributed by atoms with Gasteiger partial charge in [0.05, 0.1) is 5.69 Å². The maximum atomic E-state index is 12.8. The standard InChI is InChI=1S/C22H21NO4/c1-14-7-9-18(10-8-14)27-21-13-19(15(2)11-20(21)25)23(3)22(26)16-5-4-6-17(24)12-16/h4-13,24-25H,1-3H3. The maximum Gasteiger partial charge on any atom is 0.258 e. The Balaban J connectivity index is 1.92. The third kappa shape index (κ3) is 4.03. The van der Waals surface area contributed by atoms with E-state index in [1.54, 1.807) is 38.2 Å². The molecule has 0 radical (unpaired) electrons. The smallest absolute Gasteiger partial charge is 0.258 e. The van der Waals surface area contributed by atoms with Crippen LogP contribution in [0.3, 0.4) is 0 Å². The molecular formula is C22H21NO4. The van der Waals surface area contributed by atoms with Crippen LogP contribution >= 0.6 is 0 Å². The van der Waals surface area contributed by atoms with Crippen molar-refractivity contribution < 1.29 is 19.7 Å². The van der Waals surface area contributed by atoms with E-state index in [2.05, 4.69) is 0 Å². The lowest BCUT2D eigenvalue weighted by atomic mass is 10.1. The van der Waals surface area contributed by atoms with Gasteiger partial charge in [0.2, 0.25) is 0 Å². The van der Waals surface area contributed by atoms with Crippen LogP contribution in [0.4, 0.5) is 5.69 Å². The molecule has 0 aliphatic heterocycles. The quantitative estimate of drug-likeness (QED) is 0.700. The van der Waals surface area contributed by atoms with Gasteiger partial charge in [-0.1, -0.05) is 23.8 Å². The van der Waals surface area contributed by atoms with Gasteiger partial charge < -0.3 is 19.8 Å². The second kappa shape index (κ2) is 7.41. The highest BCUT2D eigenvalue weighted by Crippen LogP contribution is 2.37. The number of anilines is 1. The highest BCUT2D eigenvalue weighted by Gasteiger charge is 2.18. The molecule has 0 aromatic heterocycles. The van der Waals surface area contributed by atoms with Crippen LogP contribution in [0.1, 0.15) is 21.5 Å². The van der Waals surface area contributed by atoms with E-state index in [-0.39, 0.29) is 23.2 Å². The summed E-state index contributed by atoms with van der Waals surface area (Å²) < 4.78 is 5.79. The monoisotopic (exact) mass is 363 g/mol. The molecule has 0 saturated carbocycles. The number of nitrogens with zero attached hydrogens (tertiary/aromatic N) is 1. The first kappa shape index (κ1) is 18.3. The van der Waals surface area contributed by atoms with Crippen molar-refractivity contribution in [3.05, 3.63) is 77.4 Å².